The van der Waals surface area contributed by atoms with E-state index in [1.807, 2.05) is 32.9 Å². The first-order valence-corrected chi connectivity index (χ1v) is 16.3. The van der Waals surface area contributed by atoms with Crippen LogP contribution in [0.25, 0.3) is 0 Å². The van der Waals surface area contributed by atoms with Crippen LogP contribution in [-0.2, 0) is 34.9 Å². The summed E-state index contributed by atoms with van der Waals surface area (Å²) < 4.78 is 33.5. The normalized spacial score (nSPS) is 27.0. The second-order valence-corrected chi connectivity index (χ2v) is 14.2. The van der Waals surface area contributed by atoms with Gasteiger partial charge in [-0.25, -0.2) is 13.2 Å². The number of allylic oxidation sites excluding steroid dienone is 1. The minimum absolute atomic E-state index is 0.251. The second-order valence-electron chi connectivity index (χ2n) is 12.5. The average Bonchev–Trinajstić information content (AvgIpc) is 3.35. The number of nitrogens with one attached hydrogen (secondary N) is 3. The molecule has 0 aromatic heterocycles. The Morgan fingerprint density at radius 3 is 2.52 bits per heavy atom. The van der Waals surface area contributed by atoms with Crippen molar-refractivity contribution in [1.82, 2.24) is 20.3 Å². The van der Waals surface area contributed by atoms with Gasteiger partial charge in [0.25, 0.3) is 11.8 Å². The lowest BCUT2D eigenvalue weighted by Crippen LogP contribution is -2.57. The molecular formula is C30H42N4O7S. The van der Waals surface area contributed by atoms with Gasteiger partial charge in [0, 0.05) is 18.0 Å². The molecule has 4 atom stereocenters. The molecule has 1 saturated carbocycles. The van der Waals surface area contributed by atoms with Gasteiger partial charge in [0.2, 0.25) is 15.9 Å². The number of benzene rings is 1. The molecule has 42 heavy (non-hydrogen) atoms. The van der Waals surface area contributed by atoms with E-state index >= 15 is 0 Å². The summed E-state index contributed by atoms with van der Waals surface area (Å²) in [5.41, 5.74) is -1.45. The number of hydrogen-bond donors (Lipinski definition) is 3. The molecule has 0 spiro atoms. The Morgan fingerprint density at radius 1 is 1.07 bits per heavy atom. The molecule has 12 heteroatoms. The summed E-state index contributed by atoms with van der Waals surface area (Å²) in [4.78, 5) is 54.7. The zero-order valence-electron chi connectivity index (χ0n) is 24.6. The van der Waals surface area contributed by atoms with Gasteiger partial charge in [-0.2, -0.15) is 0 Å². The van der Waals surface area contributed by atoms with Crippen molar-refractivity contribution in [3.63, 3.8) is 0 Å². The molecule has 11 nitrogen and oxygen atoms in total. The molecule has 2 fully saturated rings. The van der Waals surface area contributed by atoms with E-state index < -0.39 is 57.1 Å². The molecule has 1 saturated heterocycles. The Bertz CT molecular complexity index is 1310. The van der Waals surface area contributed by atoms with E-state index in [1.54, 1.807) is 30.3 Å². The maximum atomic E-state index is 13.6. The topological polar surface area (TPSA) is 151 Å². The molecule has 3 aliphatic rings. The first-order valence-electron chi connectivity index (χ1n) is 14.7. The highest BCUT2D eigenvalue weighted by atomic mass is 32.2. The van der Waals surface area contributed by atoms with Crippen LogP contribution in [0.1, 0.15) is 77.7 Å². The monoisotopic (exact) mass is 602 g/mol. The first-order chi connectivity index (χ1) is 19.8. The van der Waals surface area contributed by atoms with Gasteiger partial charge in [0.1, 0.15) is 11.6 Å². The van der Waals surface area contributed by atoms with E-state index in [4.69, 9.17) is 4.74 Å². The van der Waals surface area contributed by atoms with E-state index in [2.05, 4.69) is 15.4 Å². The van der Waals surface area contributed by atoms with Crippen LogP contribution in [0.4, 0.5) is 4.79 Å². The summed E-state index contributed by atoms with van der Waals surface area (Å²) in [6.45, 7) is 5.74. The Labute approximate surface area is 247 Å². The molecule has 4 amide bonds. The molecule has 1 aromatic rings. The fourth-order valence-corrected chi connectivity index (χ4v) is 6.73. The van der Waals surface area contributed by atoms with Gasteiger partial charge in [-0.1, -0.05) is 48.9 Å². The minimum atomic E-state index is -4.03. The van der Waals surface area contributed by atoms with Crippen LogP contribution < -0.4 is 15.4 Å². The first kappa shape index (κ1) is 31.5. The molecule has 2 aliphatic heterocycles. The fourth-order valence-electron chi connectivity index (χ4n) is 5.56. The highest BCUT2D eigenvalue weighted by Crippen LogP contribution is 2.45. The van der Waals surface area contributed by atoms with Crippen LogP contribution >= 0.6 is 0 Å². The van der Waals surface area contributed by atoms with E-state index in [9.17, 15) is 27.6 Å². The number of ether oxygens (including phenoxy) is 1. The van der Waals surface area contributed by atoms with Gasteiger partial charge in [-0.15, -0.1) is 0 Å². The highest BCUT2D eigenvalue weighted by Gasteiger charge is 2.61. The third-order valence-electron chi connectivity index (χ3n) is 7.76. The molecule has 3 N–H and O–H groups in total. The molecule has 0 unspecified atom stereocenters. The van der Waals surface area contributed by atoms with Crippen LogP contribution in [0.2, 0.25) is 0 Å². The SMILES string of the molecule is CC(C)(C)NC(=O)O[C@H]1CCCCCC=C[C@@H]2C[C@@]2(C(=O)NS(=O)(=O)Cc2ccccc2)NC(=O)[C@@H]2CCCN2C1=O. The molecule has 2 heterocycles. The second kappa shape index (κ2) is 12.8. The van der Waals surface area contributed by atoms with Gasteiger partial charge in [0.15, 0.2) is 6.10 Å². The van der Waals surface area contributed by atoms with Crippen molar-refractivity contribution < 1.29 is 32.3 Å². The standard InChI is InChI=1S/C30H42N4O7S/c1-29(2,3)32-28(38)41-24-17-11-6-4-5-10-15-22-19-30(22,31-25(35)23-16-12-18-34(23)26(24)36)27(37)33-42(39,40)20-21-13-8-7-9-14-21/h7-10,13-15,22-24H,4-6,11-12,16-20H2,1-3H3,(H,31,35)(H,32,38)(H,33,37)/t22-,23+,24+,30-/m1/s1. The summed E-state index contributed by atoms with van der Waals surface area (Å²) >= 11 is 0. The summed E-state index contributed by atoms with van der Waals surface area (Å²) in [5.74, 6) is -2.51. The molecule has 230 valence electrons. The number of nitrogens with zero attached hydrogens (tertiary/aromatic N) is 1. The Morgan fingerprint density at radius 2 is 1.81 bits per heavy atom. The predicted molar refractivity (Wildman–Crippen MR) is 156 cm³/mol. The van der Waals surface area contributed by atoms with E-state index in [1.165, 1.54) is 4.90 Å². The van der Waals surface area contributed by atoms with Crippen LogP contribution in [0.3, 0.4) is 0 Å². The number of alkyl carbamates (subject to hydrolysis) is 1. The van der Waals surface area contributed by atoms with Crippen molar-refractivity contribution >= 4 is 33.8 Å². The largest absolute Gasteiger partial charge is 0.436 e. The smallest absolute Gasteiger partial charge is 0.408 e. The van der Waals surface area contributed by atoms with E-state index in [0.717, 1.165) is 12.8 Å². The number of sulfonamides is 1. The number of carbonyl (C=O) groups is 4. The lowest BCUT2D eigenvalue weighted by atomic mass is 10.1. The van der Waals surface area contributed by atoms with Gasteiger partial charge < -0.3 is 20.3 Å². The maximum Gasteiger partial charge on any atom is 0.408 e. The van der Waals surface area contributed by atoms with Crippen molar-refractivity contribution in [3.8, 4) is 0 Å². The molecular weight excluding hydrogens is 560 g/mol. The lowest BCUT2D eigenvalue weighted by molar-refractivity contribution is -0.146. The van der Waals surface area contributed by atoms with E-state index in [0.29, 0.717) is 44.2 Å². The summed E-state index contributed by atoms with van der Waals surface area (Å²) in [6.07, 6.45) is 6.59. The Hall–Kier alpha value is -3.41. The molecule has 1 aromatic carbocycles. The predicted octanol–water partition coefficient (Wildman–Crippen LogP) is 2.91. The van der Waals surface area contributed by atoms with Crippen molar-refractivity contribution in [3.05, 3.63) is 48.0 Å². The average molecular weight is 603 g/mol. The fraction of sp³-hybridized carbons (Fsp3) is 0.600. The van der Waals surface area contributed by atoms with Gasteiger partial charge in [0.05, 0.1) is 5.75 Å². The van der Waals surface area contributed by atoms with Crippen LogP contribution in [0, 0.1) is 5.92 Å². The van der Waals surface area contributed by atoms with Crippen molar-refractivity contribution in [2.45, 2.75) is 101 Å². The van der Waals surface area contributed by atoms with Crippen LogP contribution in [-0.4, -0.2) is 66.9 Å². The van der Waals surface area contributed by atoms with Crippen LogP contribution in [0.5, 0.6) is 0 Å². The van der Waals surface area contributed by atoms with Gasteiger partial charge in [-0.05, 0) is 71.3 Å². The third kappa shape index (κ3) is 8.11. The molecule has 4 rings (SSSR count). The molecule has 0 radical (unpaired) electrons. The highest BCUT2D eigenvalue weighted by molar-refractivity contribution is 7.89. The molecule has 0 bridgehead atoms. The number of hydrogen-bond acceptors (Lipinski definition) is 7. The van der Waals surface area contributed by atoms with Crippen molar-refractivity contribution in [2.75, 3.05) is 6.54 Å². The van der Waals surface area contributed by atoms with E-state index in [-0.39, 0.29) is 18.1 Å². The quantitative estimate of drug-likeness (QED) is 0.439. The van der Waals surface area contributed by atoms with Gasteiger partial charge >= 0.3 is 6.09 Å². The van der Waals surface area contributed by atoms with Crippen molar-refractivity contribution in [1.29, 1.82) is 0 Å². The summed E-state index contributed by atoms with van der Waals surface area (Å²) in [5, 5.41) is 5.54. The zero-order valence-corrected chi connectivity index (χ0v) is 25.4. The number of carbonyl (C=O) groups excluding carboxylic acids is 4. The maximum absolute atomic E-state index is 13.6. The lowest BCUT2D eigenvalue weighted by Gasteiger charge is -2.30. The third-order valence-corrected chi connectivity index (χ3v) is 8.97. The Balaban J connectivity index is 1.53. The minimum Gasteiger partial charge on any atom is -0.436 e. The summed E-state index contributed by atoms with van der Waals surface area (Å²) in [6, 6.07) is 7.66. The molecule has 1 aliphatic carbocycles. The van der Waals surface area contributed by atoms with Crippen molar-refractivity contribution in [2.24, 2.45) is 5.92 Å². The number of amides is 4. The number of fused-ring (bicyclic) bond motifs is 2. The van der Waals surface area contributed by atoms with Crippen LogP contribution in [0.15, 0.2) is 42.5 Å². The zero-order chi connectivity index (χ0) is 30.5. The summed E-state index contributed by atoms with van der Waals surface area (Å²) in [7, 11) is -4.03. The number of rotatable bonds is 5. The Kier molecular flexibility index (Phi) is 9.64. The van der Waals surface area contributed by atoms with Gasteiger partial charge in [-0.3, -0.25) is 19.1 Å².